The Balaban J connectivity index is 1.37. The minimum absolute atomic E-state index is 0.496. The third-order valence-corrected chi connectivity index (χ3v) is 7.47. The van der Waals surface area contributed by atoms with Crippen molar-refractivity contribution in [2.24, 2.45) is 0 Å². The van der Waals surface area contributed by atoms with Crippen LogP contribution in [0, 0.1) is 0 Å². The molecule has 1 aliphatic carbocycles. The highest BCUT2D eigenvalue weighted by Crippen LogP contribution is 2.43. The van der Waals surface area contributed by atoms with E-state index in [1.54, 1.807) is 11.3 Å². The van der Waals surface area contributed by atoms with Crippen LogP contribution in [0.1, 0.15) is 46.8 Å². The van der Waals surface area contributed by atoms with Crippen LogP contribution in [0.5, 0.6) is 0 Å². The van der Waals surface area contributed by atoms with Crippen LogP contribution in [0.2, 0.25) is 0 Å². The molecule has 4 heterocycles. The first-order valence-electron chi connectivity index (χ1n) is 10.8. The Hall–Kier alpha value is -2.51. The van der Waals surface area contributed by atoms with Gasteiger partial charge in [-0.15, -0.1) is 11.3 Å². The number of nitrogens with zero attached hydrogens (tertiary/aromatic N) is 4. The molecule has 0 spiro atoms. The second kappa shape index (κ2) is 8.32. The van der Waals surface area contributed by atoms with Crippen LogP contribution in [0.4, 0.5) is 17.3 Å². The average Bonchev–Trinajstić information content (AvgIpc) is 3.42. The van der Waals surface area contributed by atoms with Crippen molar-refractivity contribution in [3.63, 3.8) is 0 Å². The lowest BCUT2D eigenvalue weighted by Gasteiger charge is -2.33. The van der Waals surface area contributed by atoms with Gasteiger partial charge in [0.05, 0.1) is 21.5 Å². The number of pyridine rings is 2. The van der Waals surface area contributed by atoms with Gasteiger partial charge in [-0.1, -0.05) is 12.8 Å². The van der Waals surface area contributed by atoms with E-state index in [1.807, 2.05) is 18.5 Å². The lowest BCUT2D eigenvalue weighted by molar-refractivity contribution is 0.112. The molecule has 0 unspecified atom stereocenters. The summed E-state index contributed by atoms with van der Waals surface area (Å²) in [6, 6.07) is 6.22. The van der Waals surface area contributed by atoms with Gasteiger partial charge in [-0.2, -0.15) is 0 Å². The predicted molar refractivity (Wildman–Crippen MR) is 123 cm³/mol. The molecule has 6 nitrogen and oxygen atoms in total. The van der Waals surface area contributed by atoms with Crippen LogP contribution >= 0.6 is 11.3 Å². The first-order chi connectivity index (χ1) is 14.7. The molecule has 0 amide bonds. The smallest absolute Gasteiger partial charge is 0.160 e. The van der Waals surface area contributed by atoms with Gasteiger partial charge in [-0.05, 0) is 49.6 Å². The van der Waals surface area contributed by atoms with Gasteiger partial charge in [0.25, 0.3) is 0 Å². The van der Waals surface area contributed by atoms with Crippen LogP contribution in [0.15, 0.2) is 30.6 Å². The zero-order chi connectivity index (χ0) is 20.5. The van der Waals surface area contributed by atoms with Gasteiger partial charge in [0.2, 0.25) is 0 Å². The number of fused-ring (bicyclic) bond motifs is 1. The topological polar surface area (TPSA) is 61.4 Å². The van der Waals surface area contributed by atoms with Crippen molar-refractivity contribution >= 4 is 45.0 Å². The van der Waals surface area contributed by atoms with E-state index in [0.717, 1.165) is 59.4 Å². The number of likely N-dealkylation sites (N-methyl/N-ethyl adjacent to an activating group) is 1. The van der Waals surface area contributed by atoms with Gasteiger partial charge in [-0.25, -0.2) is 9.97 Å². The number of rotatable bonds is 5. The summed E-state index contributed by atoms with van der Waals surface area (Å²) < 4.78 is 1.09. The summed E-state index contributed by atoms with van der Waals surface area (Å²) in [5, 5.41) is 4.51. The molecule has 5 rings (SSSR count). The van der Waals surface area contributed by atoms with Gasteiger partial charge in [-0.3, -0.25) is 4.79 Å². The molecule has 3 aromatic rings. The number of carbonyl (C=O) groups is 1. The molecule has 1 aliphatic heterocycles. The third kappa shape index (κ3) is 3.79. The number of hydrogen-bond acceptors (Lipinski definition) is 7. The number of thiophene rings is 1. The number of aldehydes is 1. The van der Waals surface area contributed by atoms with E-state index >= 15 is 0 Å². The highest BCUT2D eigenvalue weighted by atomic mass is 32.1. The first-order valence-corrected chi connectivity index (χ1v) is 11.6. The van der Waals surface area contributed by atoms with E-state index in [0.29, 0.717) is 5.92 Å². The maximum absolute atomic E-state index is 11.7. The highest BCUT2D eigenvalue weighted by Gasteiger charge is 2.24. The van der Waals surface area contributed by atoms with Gasteiger partial charge < -0.3 is 15.1 Å². The third-order valence-electron chi connectivity index (χ3n) is 6.39. The fourth-order valence-electron chi connectivity index (χ4n) is 4.68. The molecule has 3 aromatic heterocycles. The standard InChI is InChI=1S/C23H27N5OS/c1-27-8-10-28(11-9-27)17-6-7-21(24-13-17)26-22-12-18-19(14-25-22)30-20(15-29)23(18)16-4-2-3-5-16/h6-7,12-16H,2-5,8-11H2,1H3,(H,24,25,26). The number of aromatic nitrogens is 2. The lowest BCUT2D eigenvalue weighted by Crippen LogP contribution is -2.44. The van der Waals surface area contributed by atoms with E-state index in [1.165, 1.54) is 36.6 Å². The Morgan fingerprint density at radius 2 is 1.83 bits per heavy atom. The number of nitrogens with one attached hydrogen (secondary N) is 1. The molecule has 156 valence electrons. The SMILES string of the molecule is CN1CCN(c2ccc(Nc3cc4c(C5CCCC5)c(C=O)sc4cn3)nc2)CC1. The fraction of sp³-hybridized carbons (Fsp3) is 0.435. The van der Waals surface area contributed by atoms with Gasteiger partial charge in [0.15, 0.2) is 6.29 Å². The zero-order valence-electron chi connectivity index (χ0n) is 17.3. The molecular weight excluding hydrogens is 394 g/mol. The Kier molecular flexibility index (Phi) is 5.39. The van der Waals surface area contributed by atoms with Crippen molar-refractivity contribution in [3.05, 3.63) is 41.0 Å². The zero-order valence-corrected chi connectivity index (χ0v) is 18.1. The fourth-order valence-corrected chi connectivity index (χ4v) is 5.73. The molecular formula is C23H27N5OS. The quantitative estimate of drug-likeness (QED) is 0.605. The largest absolute Gasteiger partial charge is 0.368 e. The minimum atomic E-state index is 0.496. The van der Waals surface area contributed by atoms with E-state index in [4.69, 9.17) is 0 Å². The number of carbonyl (C=O) groups excluding carboxylic acids is 1. The molecule has 7 heteroatoms. The predicted octanol–water partition coefficient (Wildman–Crippen LogP) is 4.66. The van der Waals surface area contributed by atoms with Crippen LogP contribution < -0.4 is 10.2 Å². The van der Waals surface area contributed by atoms with E-state index in [9.17, 15) is 4.79 Å². The van der Waals surface area contributed by atoms with Crippen molar-refractivity contribution in [1.29, 1.82) is 0 Å². The van der Waals surface area contributed by atoms with Crippen molar-refractivity contribution in [2.45, 2.75) is 31.6 Å². The highest BCUT2D eigenvalue weighted by molar-refractivity contribution is 7.20. The summed E-state index contributed by atoms with van der Waals surface area (Å²) in [7, 11) is 2.16. The summed E-state index contributed by atoms with van der Waals surface area (Å²) >= 11 is 1.56. The molecule has 1 saturated heterocycles. The lowest BCUT2D eigenvalue weighted by atomic mass is 9.95. The van der Waals surface area contributed by atoms with Crippen LogP contribution in [-0.4, -0.2) is 54.4 Å². The van der Waals surface area contributed by atoms with E-state index in [-0.39, 0.29) is 0 Å². The van der Waals surface area contributed by atoms with Crippen molar-refractivity contribution in [2.75, 3.05) is 43.4 Å². The molecule has 2 fully saturated rings. The Morgan fingerprint density at radius 3 is 2.53 bits per heavy atom. The Morgan fingerprint density at radius 1 is 1.07 bits per heavy atom. The molecule has 2 aliphatic rings. The normalized spacial score (nSPS) is 18.2. The molecule has 0 atom stereocenters. The maximum Gasteiger partial charge on any atom is 0.160 e. The molecule has 0 radical (unpaired) electrons. The Bertz CT molecular complexity index is 1030. The Labute approximate surface area is 180 Å². The number of anilines is 3. The van der Waals surface area contributed by atoms with Crippen molar-refractivity contribution in [1.82, 2.24) is 14.9 Å². The van der Waals surface area contributed by atoms with Gasteiger partial charge in [0, 0.05) is 37.8 Å². The number of piperazine rings is 1. The summed E-state index contributed by atoms with van der Waals surface area (Å²) in [5.74, 6) is 2.06. The monoisotopic (exact) mass is 421 g/mol. The second-order valence-corrected chi connectivity index (χ2v) is 9.45. The minimum Gasteiger partial charge on any atom is -0.368 e. The van der Waals surface area contributed by atoms with Crippen LogP contribution in [0.3, 0.4) is 0 Å². The van der Waals surface area contributed by atoms with Gasteiger partial charge >= 0.3 is 0 Å². The van der Waals surface area contributed by atoms with E-state index in [2.05, 4.69) is 44.3 Å². The molecule has 1 N–H and O–H groups in total. The van der Waals surface area contributed by atoms with Crippen LogP contribution in [0.25, 0.3) is 10.1 Å². The van der Waals surface area contributed by atoms with Gasteiger partial charge in [0.1, 0.15) is 11.6 Å². The summed E-state index contributed by atoms with van der Waals surface area (Å²) in [6.07, 6.45) is 9.68. The second-order valence-electron chi connectivity index (χ2n) is 8.36. The molecule has 1 saturated carbocycles. The van der Waals surface area contributed by atoms with Crippen molar-refractivity contribution < 1.29 is 4.79 Å². The first kappa shape index (κ1) is 19.5. The summed E-state index contributed by atoms with van der Waals surface area (Å²) in [6.45, 7) is 4.22. The van der Waals surface area contributed by atoms with Crippen molar-refractivity contribution in [3.8, 4) is 0 Å². The number of hydrogen-bond donors (Lipinski definition) is 1. The molecule has 0 aromatic carbocycles. The average molecular weight is 422 g/mol. The van der Waals surface area contributed by atoms with Crippen LogP contribution in [-0.2, 0) is 0 Å². The summed E-state index contributed by atoms with van der Waals surface area (Å²) in [5.41, 5.74) is 2.39. The summed E-state index contributed by atoms with van der Waals surface area (Å²) in [4.78, 5) is 26.4. The molecule has 30 heavy (non-hydrogen) atoms. The molecule has 0 bridgehead atoms. The van der Waals surface area contributed by atoms with E-state index < -0.39 is 0 Å². The maximum atomic E-state index is 11.7.